The maximum absolute atomic E-state index is 2.40. The Morgan fingerprint density at radius 1 is 1.04 bits per heavy atom. The van der Waals surface area contributed by atoms with E-state index in [1.54, 1.807) is 0 Å². The average Bonchev–Trinajstić information content (AvgIpc) is 3.20. The van der Waals surface area contributed by atoms with Crippen molar-refractivity contribution in [2.45, 2.75) is 39.5 Å². The van der Waals surface area contributed by atoms with Gasteiger partial charge in [0.15, 0.2) is 0 Å². The highest BCUT2D eigenvalue weighted by Gasteiger charge is 2.25. The smallest absolute Gasteiger partial charge is 0.0218 e. The molecule has 0 N–H and O–H groups in total. The van der Waals surface area contributed by atoms with Crippen LogP contribution in [0.4, 0.5) is 0 Å². The fourth-order valence-electron chi connectivity index (χ4n) is 3.95. The molecule has 115 valence electrons. The monoisotopic (exact) mass is 299 g/mol. The molecule has 2 aliphatic rings. The van der Waals surface area contributed by atoms with Crippen LogP contribution in [0.25, 0.3) is 16.7 Å². The zero-order chi connectivity index (χ0) is 15.8. The summed E-state index contributed by atoms with van der Waals surface area (Å²) < 4.78 is 0. The van der Waals surface area contributed by atoms with Gasteiger partial charge in [-0.2, -0.15) is 0 Å². The van der Waals surface area contributed by atoms with Crippen molar-refractivity contribution in [3.8, 4) is 11.1 Å². The summed E-state index contributed by atoms with van der Waals surface area (Å²) in [5.74, 6) is 0. The average molecular weight is 299 g/mol. The number of fused-ring (bicyclic) bond motifs is 3. The topological polar surface area (TPSA) is 0 Å². The Morgan fingerprint density at radius 2 is 1.96 bits per heavy atom. The van der Waals surface area contributed by atoms with E-state index in [0.29, 0.717) is 0 Å². The first-order chi connectivity index (χ1) is 11.3. The van der Waals surface area contributed by atoms with Crippen molar-refractivity contribution in [2.24, 2.45) is 0 Å². The number of hydrogen-bond acceptors (Lipinski definition) is 0. The van der Waals surface area contributed by atoms with Crippen LogP contribution >= 0.6 is 0 Å². The van der Waals surface area contributed by atoms with Gasteiger partial charge in [0.25, 0.3) is 0 Å². The molecule has 0 heteroatoms. The Bertz CT molecular complexity index is 818. The van der Waals surface area contributed by atoms with Gasteiger partial charge in [0.1, 0.15) is 0 Å². The molecule has 4 rings (SSSR count). The molecule has 0 nitrogen and oxygen atoms in total. The highest BCUT2D eigenvalue weighted by Crippen LogP contribution is 2.45. The van der Waals surface area contributed by atoms with Gasteiger partial charge in [-0.05, 0) is 70.7 Å². The second-order valence-electron chi connectivity index (χ2n) is 6.67. The fourth-order valence-corrected chi connectivity index (χ4v) is 3.95. The van der Waals surface area contributed by atoms with Gasteiger partial charge >= 0.3 is 0 Å². The molecule has 0 saturated heterocycles. The fraction of sp³-hybridized carbons (Fsp3) is 0.261. The number of benzene rings is 2. The first-order valence-electron chi connectivity index (χ1n) is 8.76. The lowest BCUT2D eigenvalue weighted by atomic mass is 9.88. The molecular formula is C23H23. The number of allylic oxidation sites excluding steroid dienone is 4. The van der Waals surface area contributed by atoms with E-state index in [2.05, 4.69) is 68.8 Å². The molecule has 0 unspecified atom stereocenters. The number of unbranched alkanes of at least 4 members (excludes halogenated alkanes) is 1. The van der Waals surface area contributed by atoms with Crippen molar-refractivity contribution in [3.05, 3.63) is 82.8 Å². The normalized spacial score (nSPS) is 14.8. The minimum Gasteiger partial charge on any atom is -0.0801 e. The van der Waals surface area contributed by atoms with E-state index in [0.717, 1.165) is 6.42 Å². The van der Waals surface area contributed by atoms with Crippen molar-refractivity contribution in [1.29, 1.82) is 0 Å². The zero-order valence-electron chi connectivity index (χ0n) is 14.0. The molecule has 0 bridgehead atoms. The molecule has 1 radical (unpaired) electrons. The first-order valence-corrected chi connectivity index (χ1v) is 8.76. The summed E-state index contributed by atoms with van der Waals surface area (Å²) in [6.45, 7) is 4.50. The molecule has 23 heavy (non-hydrogen) atoms. The largest absolute Gasteiger partial charge is 0.0801 e. The predicted octanol–water partition coefficient (Wildman–Crippen LogP) is 6.26. The quantitative estimate of drug-likeness (QED) is 0.533. The van der Waals surface area contributed by atoms with Crippen LogP contribution in [0.15, 0.2) is 48.6 Å². The molecule has 0 aromatic heterocycles. The first kappa shape index (κ1) is 14.5. The maximum Gasteiger partial charge on any atom is 0.0218 e. The summed E-state index contributed by atoms with van der Waals surface area (Å²) in [6, 6.07) is 11.4. The Balaban J connectivity index is 1.89. The van der Waals surface area contributed by atoms with Gasteiger partial charge in [-0.15, -0.1) is 0 Å². The summed E-state index contributed by atoms with van der Waals surface area (Å²) >= 11 is 0. The Labute approximate surface area is 139 Å². The van der Waals surface area contributed by atoms with Gasteiger partial charge in [0.2, 0.25) is 0 Å². The van der Waals surface area contributed by atoms with Gasteiger partial charge in [-0.3, -0.25) is 0 Å². The molecule has 0 aliphatic heterocycles. The maximum atomic E-state index is 2.40. The van der Waals surface area contributed by atoms with Crippen LogP contribution in [0.1, 0.15) is 54.0 Å². The van der Waals surface area contributed by atoms with E-state index in [9.17, 15) is 0 Å². The van der Waals surface area contributed by atoms with Crippen LogP contribution in [-0.4, -0.2) is 0 Å². The van der Waals surface area contributed by atoms with E-state index in [-0.39, 0.29) is 0 Å². The molecule has 0 heterocycles. The summed E-state index contributed by atoms with van der Waals surface area (Å²) in [7, 11) is 0. The number of hydrogen-bond donors (Lipinski definition) is 0. The molecule has 0 fully saturated rings. The predicted molar refractivity (Wildman–Crippen MR) is 99.5 cm³/mol. The molecule has 0 saturated carbocycles. The highest BCUT2D eigenvalue weighted by atomic mass is 14.3. The van der Waals surface area contributed by atoms with Gasteiger partial charge in [-0.1, -0.05) is 61.9 Å². The van der Waals surface area contributed by atoms with Gasteiger partial charge < -0.3 is 0 Å². The molecule has 2 aliphatic carbocycles. The lowest BCUT2D eigenvalue weighted by Crippen LogP contribution is -1.98. The third-order valence-corrected chi connectivity index (χ3v) is 5.10. The van der Waals surface area contributed by atoms with Crippen LogP contribution in [0, 0.1) is 13.3 Å². The summed E-state index contributed by atoms with van der Waals surface area (Å²) in [5, 5.41) is 0. The Hall–Kier alpha value is -2.08. The lowest BCUT2D eigenvalue weighted by molar-refractivity contribution is 0.793. The van der Waals surface area contributed by atoms with E-state index in [4.69, 9.17) is 0 Å². The Morgan fingerprint density at radius 3 is 2.74 bits per heavy atom. The zero-order valence-corrected chi connectivity index (χ0v) is 14.0. The number of aryl methyl sites for hydroxylation is 2. The SMILES string of the molecule is CCCCc1ccc2c(c1C1=CC=CC1)[CH]c1cccc(C)c1-2. The lowest BCUT2D eigenvalue weighted by Gasteiger charge is -2.16. The molecule has 0 atom stereocenters. The minimum atomic E-state index is 1.07. The highest BCUT2D eigenvalue weighted by molar-refractivity contribution is 5.90. The molecular weight excluding hydrogens is 276 g/mol. The van der Waals surface area contributed by atoms with E-state index in [1.807, 2.05) is 0 Å². The van der Waals surface area contributed by atoms with E-state index in [1.165, 1.54) is 63.8 Å². The van der Waals surface area contributed by atoms with Gasteiger partial charge in [-0.25, -0.2) is 0 Å². The molecule has 0 amide bonds. The molecule has 2 aromatic carbocycles. The van der Waals surface area contributed by atoms with Crippen molar-refractivity contribution in [2.75, 3.05) is 0 Å². The van der Waals surface area contributed by atoms with Gasteiger partial charge in [0, 0.05) is 6.42 Å². The van der Waals surface area contributed by atoms with Crippen LogP contribution in [-0.2, 0) is 6.42 Å². The summed E-state index contributed by atoms with van der Waals surface area (Å²) in [4.78, 5) is 0. The van der Waals surface area contributed by atoms with Crippen LogP contribution in [0.5, 0.6) is 0 Å². The number of rotatable bonds is 4. The second kappa shape index (κ2) is 5.85. The van der Waals surface area contributed by atoms with Crippen molar-refractivity contribution >= 4 is 5.57 Å². The standard InChI is InChI=1S/C23H23/c1-3-4-9-18-13-14-20-21(23(18)17-10-5-6-11-17)15-19-12-7-8-16(2)22(19)20/h5-8,10,12-15H,3-4,9,11H2,1-2H3. The summed E-state index contributed by atoms with van der Waals surface area (Å²) in [6.07, 6.45) is 13.9. The Kier molecular flexibility index (Phi) is 3.69. The van der Waals surface area contributed by atoms with Crippen molar-refractivity contribution in [3.63, 3.8) is 0 Å². The van der Waals surface area contributed by atoms with Crippen LogP contribution < -0.4 is 0 Å². The third kappa shape index (κ3) is 2.37. The van der Waals surface area contributed by atoms with E-state index >= 15 is 0 Å². The molecule has 2 aromatic rings. The summed E-state index contributed by atoms with van der Waals surface area (Å²) in [5.41, 5.74) is 11.5. The van der Waals surface area contributed by atoms with E-state index < -0.39 is 0 Å². The van der Waals surface area contributed by atoms with Crippen LogP contribution in [0.3, 0.4) is 0 Å². The van der Waals surface area contributed by atoms with Crippen molar-refractivity contribution in [1.82, 2.24) is 0 Å². The van der Waals surface area contributed by atoms with Crippen molar-refractivity contribution < 1.29 is 0 Å². The minimum absolute atomic E-state index is 1.07. The third-order valence-electron chi connectivity index (χ3n) is 5.10. The van der Waals surface area contributed by atoms with Crippen LogP contribution in [0.2, 0.25) is 0 Å². The van der Waals surface area contributed by atoms with Gasteiger partial charge in [0.05, 0.1) is 0 Å². The molecule has 0 spiro atoms. The second-order valence-corrected chi connectivity index (χ2v) is 6.67.